The molecule has 1 fully saturated rings. The van der Waals surface area contributed by atoms with Crippen LogP contribution in [0.5, 0.6) is 0 Å². The maximum Gasteiger partial charge on any atom is 0.236 e. The van der Waals surface area contributed by atoms with Crippen molar-refractivity contribution >= 4 is 5.91 Å². The lowest BCUT2D eigenvalue weighted by molar-refractivity contribution is -0.131. The van der Waals surface area contributed by atoms with Crippen molar-refractivity contribution in [1.29, 1.82) is 0 Å². The fraction of sp³-hybridized carbons (Fsp3) is 0.667. The summed E-state index contributed by atoms with van der Waals surface area (Å²) in [5.41, 5.74) is 0. The molecule has 4 nitrogen and oxygen atoms in total. The maximum absolute atomic E-state index is 12.2. The van der Waals surface area contributed by atoms with E-state index in [0.717, 1.165) is 24.6 Å². The van der Waals surface area contributed by atoms with Crippen molar-refractivity contribution < 1.29 is 9.21 Å². The molecule has 106 valence electrons. The number of hydrogen-bond donors (Lipinski definition) is 0. The van der Waals surface area contributed by atoms with Gasteiger partial charge >= 0.3 is 0 Å². The molecule has 0 aromatic carbocycles. The van der Waals surface area contributed by atoms with Gasteiger partial charge in [-0.2, -0.15) is 0 Å². The average Bonchev–Trinajstić information content (AvgIpc) is 2.64. The van der Waals surface area contributed by atoms with Gasteiger partial charge in [0.1, 0.15) is 11.5 Å². The zero-order valence-electron chi connectivity index (χ0n) is 12.0. The van der Waals surface area contributed by atoms with Gasteiger partial charge in [0, 0.05) is 7.05 Å². The quantitative estimate of drug-likeness (QED) is 0.838. The van der Waals surface area contributed by atoms with Crippen molar-refractivity contribution in [1.82, 2.24) is 9.80 Å². The third-order valence-corrected chi connectivity index (χ3v) is 3.67. The summed E-state index contributed by atoms with van der Waals surface area (Å²) in [6, 6.07) is 3.87. The summed E-state index contributed by atoms with van der Waals surface area (Å²) >= 11 is 0. The molecule has 0 saturated carbocycles. The molecule has 0 bridgehead atoms. The number of amides is 1. The van der Waals surface area contributed by atoms with E-state index < -0.39 is 0 Å². The van der Waals surface area contributed by atoms with E-state index in [-0.39, 0.29) is 5.91 Å². The van der Waals surface area contributed by atoms with Crippen LogP contribution in [0.15, 0.2) is 16.5 Å². The molecule has 0 radical (unpaired) electrons. The second kappa shape index (κ2) is 6.75. The van der Waals surface area contributed by atoms with E-state index in [2.05, 4.69) is 4.90 Å². The van der Waals surface area contributed by atoms with E-state index in [1.165, 1.54) is 25.7 Å². The van der Waals surface area contributed by atoms with Crippen molar-refractivity contribution in [3.8, 4) is 0 Å². The average molecular weight is 264 g/mol. The summed E-state index contributed by atoms with van der Waals surface area (Å²) in [5.74, 6) is 1.92. The highest BCUT2D eigenvalue weighted by Gasteiger charge is 2.16. The highest BCUT2D eigenvalue weighted by molar-refractivity contribution is 5.77. The third kappa shape index (κ3) is 4.39. The predicted molar refractivity (Wildman–Crippen MR) is 74.8 cm³/mol. The van der Waals surface area contributed by atoms with Gasteiger partial charge < -0.3 is 9.32 Å². The van der Waals surface area contributed by atoms with Gasteiger partial charge in [0.2, 0.25) is 5.91 Å². The smallest absolute Gasteiger partial charge is 0.236 e. The zero-order chi connectivity index (χ0) is 13.7. The van der Waals surface area contributed by atoms with Gasteiger partial charge in [-0.15, -0.1) is 0 Å². The minimum atomic E-state index is 0.177. The van der Waals surface area contributed by atoms with Gasteiger partial charge in [-0.1, -0.05) is 12.8 Å². The molecule has 1 aliphatic heterocycles. The Morgan fingerprint density at radius 1 is 1.26 bits per heavy atom. The first kappa shape index (κ1) is 14.1. The minimum absolute atomic E-state index is 0.177. The van der Waals surface area contributed by atoms with Gasteiger partial charge in [0.25, 0.3) is 0 Å². The number of hydrogen-bond acceptors (Lipinski definition) is 3. The Bertz CT molecular complexity index is 406. The van der Waals surface area contributed by atoms with Crippen LogP contribution >= 0.6 is 0 Å². The minimum Gasteiger partial charge on any atom is -0.464 e. The number of rotatable bonds is 4. The van der Waals surface area contributed by atoms with Crippen LogP contribution in [0.2, 0.25) is 0 Å². The van der Waals surface area contributed by atoms with E-state index in [1.807, 2.05) is 26.1 Å². The number of likely N-dealkylation sites (N-methyl/N-ethyl adjacent to an activating group) is 1. The molecule has 1 aromatic rings. The molecule has 0 atom stereocenters. The lowest BCUT2D eigenvalue weighted by Crippen LogP contribution is -2.38. The fourth-order valence-corrected chi connectivity index (χ4v) is 2.50. The summed E-state index contributed by atoms with van der Waals surface area (Å²) in [7, 11) is 1.85. The molecule has 4 heteroatoms. The van der Waals surface area contributed by atoms with Crippen LogP contribution in [0.4, 0.5) is 0 Å². The lowest BCUT2D eigenvalue weighted by atomic mass is 10.2. The molecule has 0 aliphatic carbocycles. The summed E-state index contributed by atoms with van der Waals surface area (Å²) < 4.78 is 5.51. The molecule has 2 heterocycles. The number of likely N-dealkylation sites (tertiary alicyclic amines) is 1. The number of furan rings is 1. The Hall–Kier alpha value is -1.29. The SMILES string of the molecule is Cc1ccc(CN(C)C(=O)CN2CCCCCC2)o1. The largest absolute Gasteiger partial charge is 0.464 e. The van der Waals surface area contributed by atoms with Crippen molar-refractivity contribution in [3.63, 3.8) is 0 Å². The number of carbonyl (C=O) groups is 1. The van der Waals surface area contributed by atoms with Crippen molar-refractivity contribution in [2.45, 2.75) is 39.2 Å². The molecular weight excluding hydrogens is 240 g/mol. The monoisotopic (exact) mass is 264 g/mol. The van der Waals surface area contributed by atoms with Gasteiger partial charge in [0.15, 0.2) is 0 Å². The molecule has 1 aromatic heterocycles. The maximum atomic E-state index is 12.2. The molecule has 1 saturated heterocycles. The number of nitrogens with zero attached hydrogens (tertiary/aromatic N) is 2. The van der Waals surface area contributed by atoms with Gasteiger partial charge in [-0.05, 0) is 45.0 Å². The third-order valence-electron chi connectivity index (χ3n) is 3.67. The molecule has 0 N–H and O–H groups in total. The van der Waals surface area contributed by atoms with Crippen LogP contribution < -0.4 is 0 Å². The summed E-state index contributed by atoms with van der Waals surface area (Å²) in [6.45, 7) is 5.12. The summed E-state index contributed by atoms with van der Waals surface area (Å²) in [5, 5.41) is 0. The fourth-order valence-electron chi connectivity index (χ4n) is 2.50. The first-order valence-corrected chi connectivity index (χ1v) is 7.17. The second-order valence-corrected chi connectivity index (χ2v) is 5.45. The standard InChI is InChI=1S/C15H24N2O2/c1-13-7-8-14(19-13)11-16(2)15(18)12-17-9-5-3-4-6-10-17/h7-8H,3-6,9-12H2,1-2H3. The number of aryl methyl sites for hydroxylation is 1. The lowest BCUT2D eigenvalue weighted by Gasteiger charge is -2.23. The van der Waals surface area contributed by atoms with Crippen LogP contribution in [0.3, 0.4) is 0 Å². The Balaban J connectivity index is 1.81. The van der Waals surface area contributed by atoms with E-state index in [0.29, 0.717) is 13.1 Å². The Morgan fingerprint density at radius 2 is 1.95 bits per heavy atom. The highest BCUT2D eigenvalue weighted by Crippen LogP contribution is 2.11. The van der Waals surface area contributed by atoms with Crippen LogP contribution in [0.1, 0.15) is 37.2 Å². The van der Waals surface area contributed by atoms with Crippen molar-refractivity contribution in [3.05, 3.63) is 23.7 Å². The molecular formula is C15H24N2O2. The van der Waals surface area contributed by atoms with E-state index in [1.54, 1.807) is 4.90 Å². The molecule has 1 amide bonds. The van der Waals surface area contributed by atoms with E-state index >= 15 is 0 Å². The topological polar surface area (TPSA) is 36.7 Å². The van der Waals surface area contributed by atoms with Crippen LogP contribution in [-0.4, -0.2) is 42.4 Å². The van der Waals surface area contributed by atoms with Crippen molar-refractivity contribution in [2.24, 2.45) is 0 Å². The Morgan fingerprint density at radius 3 is 2.53 bits per heavy atom. The molecule has 1 aliphatic rings. The van der Waals surface area contributed by atoms with Crippen LogP contribution in [-0.2, 0) is 11.3 Å². The van der Waals surface area contributed by atoms with Crippen LogP contribution in [0, 0.1) is 6.92 Å². The van der Waals surface area contributed by atoms with E-state index in [4.69, 9.17) is 4.42 Å². The summed E-state index contributed by atoms with van der Waals surface area (Å²) in [6.07, 6.45) is 5.03. The van der Waals surface area contributed by atoms with Crippen molar-refractivity contribution in [2.75, 3.05) is 26.7 Å². The van der Waals surface area contributed by atoms with E-state index in [9.17, 15) is 4.79 Å². The van der Waals surface area contributed by atoms with Gasteiger partial charge in [-0.25, -0.2) is 0 Å². The molecule has 0 spiro atoms. The Labute approximate surface area is 115 Å². The number of carbonyl (C=O) groups excluding carboxylic acids is 1. The Kier molecular flexibility index (Phi) is 5.02. The van der Waals surface area contributed by atoms with Gasteiger partial charge in [-0.3, -0.25) is 9.69 Å². The summed E-state index contributed by atoms with van der Waals surface area (Å²) in [4.78, 5) is 16.2. The predicted octanol–water partition coefficient (Wildman–Crippen LogP) is 2.42. The van der Waals surface area contributed by atoms with Crippen LogP contribution in [0.25, 0.3) is 0 Å². The molecule has 0 unspecified atom stereocenters. The molecule has 2 rings (SSSR count). The van der Waals surface area contributed by atoms with Gasteiger partial charge in [0.05, 0.1) is 13.1 Å². The molecule has 19 heavy (non-hydrogen) atoms. The zero-order valence-corrected chi connectivity index (χ0v) is 12.0. The second-order valence-electron chi connectivity index (χ2n) is 5.45. The highest BCUT2D eigenvalue weighted by atomic mass is 16.3. The first-order valence-electron chi connectivity index (χ1n) is 7.17. The normalized spacial score (nSPS) is 17.2. The first-order chi connectivity index (χ1) is 9.15.